The number of pyridine rings is 2. The topological polar surface area (TPSA) is 74.9 Å². The number of aryl methyl sites for hydroxylation is 1. The minimum atomic E-state index is -3.00. The number of rotatable bonds is 6. The Hall–Kier alpha value is -3.56. The standard InChI is InChI=1S/C26H27F2N5O2/c1-17-24(26(2,34)20-5-3-4-6-21(20)35-25(27)28)33-16-19(8-10-23(33)31-17)18-7-9-22(30-15-18)32-13-11-29-12-14-32/h3-10,15-16,25,29,34H,11-14H2,1-2H3. The summed E-state index contributed by atoms with van der Waals surface area (Å²) in [7, 11) is 0. The molecule has 7 nitrogen and oxygen atoms in total. The summed E-state index contributed by atoms with van der Waals surface area (Å²) >= 11 is 0. The second kappa shape index (κ2) is 9.24. The highest BCUT2D eigenvalue weighted by molar-refractivity contribution is 5.66. The number of alkyl halides is 2. The quantitative estimate of drug-likeness (QED) is 0.436. The van der Waals surface area contributed by atoms with Gasteiger partial charge >= 0.3 is 6.61 Å². The molecule has 0 amide bonds. The summed E-state index contributed by atoms with van der Waals surface area (Å²) in [5.41, 5.74) is 2.11. The van der Waals surface area contributed by atoms with Gasteiger partial charge in [0, 0.05) is 55.3 Å². The average Bonchev–Trinajstić information content (AvgIpc) is 3.20. The number of hydrogen-bond acceptors (Lipinski definition) is 6. The van der Waals surface area contributed by atoms with Crippen molar-refractivity contribution in [3.8, 4) is 16.9 Å². The first-order valence-electron chi connectivity index (χ1n) is 11.5. The third kappa shape index (κ3) is 4.44. The molecule has 5 rings (SSSR count). The third-order valence-corrected chi connectivity index (χ3v) is 6.40. The molecule has 0 radical (unpaired) electrons. The molecule has 1 saturated heterocycles. The van der Waals surface area contributed by atoms with Crippen LogP contribution in [0, 0.1) is 6.92 Å². The van der Waals surface area contributed by atoms with Crippen molar-refractivity contribution in [2.24, 2.45) is 0 Å². The summed E-state index contributed by atoms with van der Waals surface area (Å²) in [4.78, 5) is 11.5. The molecule has 0 spiro atoms. The van der Waals surface area contributed by atoms with Gasteiger partial charge in [-0.2, -0.15) is 8.78 Å². The van der Waals surface area contributed by atoms with Crippen LogP contribution in [0.25, 0.3) is 16.8 Å². The lowest BCUT2D eigenvalue weighted by Gasteiger charge is -2.28. The molecule has 1 atom stereocenters. The first-order valence-corrected chi connectivity index (χ1v) is 11.5. The van der Waals surface area contributed by atoms with E-state index < -0.39 is 12.2 Å². The van der Waals surface area contributed by atoms with Crippen LogP contribution < -0.4 is 15.0 Å². The third-order valence-electron chi connectivity index (χ3n) is 6.40. The smallest absolute Gasteiger partial charge is 0.387 e. The Balaban J connectivity index is 1.54. The lowest BCUT2D eigenvalue weighted by Crippen LogP contribution is -2.43. The number of halogens is 2. The van der Waals surface area contributed by atoms with Crippen molar-refractivity contribution >= 4 is 11.5 Å². The van der Waals surface area contributed by atoms with Gasteiger partial charge in [0.15, 0.2) is 0 Å². The second-order valence-corrected chi connectivity index (χ2v) is 8.78. The van der Waals surface area contributed by atoms with E-state index in [2.05, 4.69) is 20.2 Å². The zero-order valence-electron chi connectivity index (χ0n) is 19.6. The van der Waals surface area contributed by atoms with Crippen molar-refractivity contribution in [2.75, 3.05) is 31.1 Å². The fourth-order valence-electron chi connectivity index (χ4n) is 4.75. The Labute approximate surface area is 202 Å². The molecular weight excluding hydrogens is 452 g/mol. The van der Waals surface area contributed by atoms with E-state index in [1.807, 2.05) is 36.7 Å². The zero-order chi connectivity index (χ0) is 24.6. The molecule has 1 aromatic carbocycles. The predicted octanol–water partition coefficient (Wildman–Crippen LogP) is 3.97. The Morgan fingerprint density at radius 2 is 1.80 bits per heavy atom. The largest absolute Gasteiger partial charge is 0.434 e. The number of nitrogens with one attached hydrogen (secondary N) is 1. The van der Waals surface area contributed by atoms with Crippen molar-refractivity contribution in [3.63, 3.8) is 0 Å². The number of piperazine rings is 1. The van der Waals surface area contributed by atoms with Gasteiger partial charge in [-0.15, -0.1) is 0 Å². The summed E-state index contributed by atoms with van der Waals surface area (Å²) in [6, 6.07) is 14.1. The molecule has 4 aromatic rings. The maximum absolute atomic E-state index is 13.0. The fourth-order valence-corrected chi connectivity index (χ4v) is 4.75. The summed E-state index contributed by atoms with van der Waals surface area (Å²) in [5, 5.41) is 15.0. The van der Waals surface area contributed by atoms with E-state index in [1.54, 1.807) is 36.4 Å². The van der Waals surface area contributed by atoms with Gasteiger partial charge < -0.3 is 20.1 Å². The minimum Gasteiger partial charge on any atom is -0.434 e. The van der Waals surface area contributed by atoms with Crippen molar-refractivity contribution in [1.82, 2.24) is 19.7 Å². The molecule has 1 fully saturated rings. The molecular formula is C26H27F2N5O2. The van der Waals surface area contributed by atoms with E-state index >= 15 is 0 Å². The van der Waals surface area contributed by atoms with Crippen molar-refractivity contribution in [1.29, 1.82) is 0 Å². The summed E-state index contributed by atoms with van der Waals surface area (Å²) in [6.07, 6.45) is 3.73. The number of ether oxygens (including phenoxy) is 1. The van der Waals surface area contributed by atoms with Crippen molar-refractivity contribution in [3.05, 3.63) is 77.9 Å². The molecule has 1 aliphatic heterocycles. The Kier molecular flexibility index (Phi) is 6.12. The van der Waals surface area contributed by atoms with Crippen LogP contribution in [0.15, 0.2) is 60.9 Å². The van der Waals surface area contributed by atoms with Crippen LogP contribution in [-0.2, 0) is 5.60 Å². The minimum absolute atomic E-state index is 0.0780. The number of imidazole rings is 1. The van der Waals surface area contributed by atoms with Crippen LogP contribution in [-0.4, -0.2) is 52.3 Å². The van der Waals surface area contributed by atoms with Gasteiger partial charge in [-0.1, -0.05) is 18.2 Å². The van der Waals surface area contributed by atoms with Crippen LogP contribution in [0.2, 0.25) is 0 Å². The van der Waals surface area contributed by atoms with E-state index in [0.717, 1.165) is 43.1 Å². The molecule has 1 aliphatic rings. The molecule has 35 heavy (non-hydrogen) atoms. The van der Waals surface area contributed by atoms with Gasteiger partial charge in [0.25, 0.3) is 0 Å². The van der Waals surface area contributed by atoms with E-state index in [0.29, 0.717) is 17.0 Å². The lowest BCUT2D eigenvalue weighted by molar-refractivity contribution is -0.0527. The number of benzene rings is 1. The second-order valence-electron chi connectivity index (χ2n) is 8.78. The number of aliphatic hydroxyl groups is 1. The molecule has 0 aliphatic carbocycles. The van der Waals surface area contributed by atoms with Crippen molar-refractivity contribution in [2.45, 2.75) is 26.1 Å². The molecule has 0 bridgehead atoms. The Bertz CT molecular complexity index is 1330. The van der Waals surface area contributed by atoms with E-state index in [9.17, 15) is 13.9 Å². The van der Waals surface area contributed by atoms with Crippen LogP contribution >= 0.6 is 0 Å². The Morgan fingerprint density at radius 1 is 1.06 bits per heavy atom. The van der Waals surface area contributed by atoms with Gasteiger partial charge in [-0.3, -0.25) is 4.40 Å². The first-order chi connectivity index (χ1) is 16.8. The number of hydrogen-bond donors (Lipinski definition) is 2. The number of anilines is 1. The van der Waals surface area contributed by atoms with E-state index in [-0.39, 0.29) is 11.3 Å². The number of fused-ring (bicyclic) bond motifs is 1. The maximum Gasteiger partial charge on any atom is 0.387 e. The van der Waals surface area contributed by atoms with Gasteiger partial charge in [0.1, 0.15) is 22.8 Å². The van der Waals surface area contributed by atoms with Crippen LogP contribution in [0.1, 0.15) is 23.9 Å². The molecule has 182 valence electrons. The van der Waals surface area contributed by atoms with Crippen LogP contribution in [0.4, 0.5) is 14.6 Å². The van der Waals surface area contributed by atoms with Crippen molar-refractivity contribution < 1.29 is 18.6 Å². The fraction of sp³-hybridized carbons (Fsp3) is 0.308. The zero-order valence-corrected chi connectivity index (χ0v) is 19.6. The molecule has 3 aromatic heterocycles. The number of nitrogens with zero attached hydrogens (tertiary/aromatic N) is 4. The van der Waals surface area contributed by atoms with E-state index in [4.69, 9.17) is 4.74 Å². The number of aromatic nitrogens is 3. The SMILES string of the molecule is Cc1nc2ccc(-c3ccc(N4CCNCC4)nc3)cn2c1C(C)(O)c1ccccc1OC(F)F. The van der Waals surface area contributed by atoms with Crippen LogP contribution in [0.3, 0.4) is 0 Å². The Morgan fingerprint density at radius 3 is 2.51 bits per heavy atom. The predicted molar refractivity (Wildman–Crippen MR) is 130 cm³/mol. The molecule has 2 N–H and O–H groups in total. The lowest BCUT2D eigenvalue weighted by atomic mass is 9.90. The van der Waals surface area contributed by atoms with Gasteiger partial charge in [0.05, 0.1) is 11.4 Å². The molecule has 4 heterocycles. The average molecular weight is 480 g/mol. The van der Waals surface area contributed by atoms with Gasteiger partial charge in [0.2, 0.25) is 0 Å². The normalized spacial score (nSPS) is 16.0. The van der Waals surface area contributed by atoms with Gasteiger partial charge in [-0.05, 0) is 44.2 Å². The monoisotopic (exact) mass is 479 g/mol. The van der Waals surface area contributed by atoms with E-state index in [1.165, 1.54) is 6.07 Å². The highest BCUT2D eigenvalue weighted by Gasteiger charge is 2.35. The molecule has 0 saturated carbocycles. The van der Waals surface area contributed by atoms with Gasteiger partial charge in [-0.25, -0.2) is 9.97 Å². The van der Waals surface area contributed by atoms with Crippen LogP contribution in [0.5, 0.6) is 5.75 Å². The highest BCUT2D eigenvalue weighted by atomic mass is 19.3. The summed E-state index contributed by atoms with van der Waals surface area (Å²) in [5.74, 6) is 0.861. The highest BCUT2D eigenvalue weighted by Crippen LogP contribution is 2.38. The maximum atomic E-state index is 13.0. The molecule has 1 unspecified atom stereocenters. The number of para-hydroxylation sites is 1. The molecule has 9 heteroatoms. The first kappa shape index (κ1) is 23.2. The summed E-state index contributed by atoms with van der Waals surface area (Å²) < 4.78 is 32.5. The summed E-state index contributed by atoms with van der Waals surface area (Å²) in [6.45, 7) is 4.06.